The Morgan fingerprint density at radius 3 is 2.67 bits per heavy atom. The average molecular weight is 613 g/mol. The molecule has 0 saturated carbocycles. The highest BCUT2D eigenvalue weighted by atomic mass is 19.1. The number of carbonyl (C=O) groups is 2. The van der Waals surface area contributed by atoms with Gasteiger partial charge in [-0.05, 0) is 66.6 Å². The highest BCUT2D eigenvalue weighted by molar-refractivity contribution is 5.93. The second kappa shape index (κ2) is 10.4. The number of aryl methyl sites for hydroxylation is 1. The normalized spacial score (nSPS) is 19.4. The van der Waals surface area contributed by atoms with E-state index in [4.69, 9.17) is 14.5 Å². The van der Waals surface area contributed by atoms with Crippen molar-refractivity contribution in [2.45, 2.75) is 64.5 Å². The lowest BCUT2D eigenvalue weighted by atomic mass is 9.81. The number of rotatable bonds is 5. The quantitative estimate of drug-likeness (QED) is 0.278. The van der Waals surface area contributed by atoms with Gasteiger partial charge >= 0.3 is 12.1 Å². The molecule has 1 amide bonds. The molecule has 11 heteroatoms. The van der Waals surface area contributed by atoms with E-state index in [1.807, 2.05) is 43.3 Å². The number of alkyl carbamates (subject to hydrolysis) is 1. The Labute approximate surface area is 258 Å². The lowest BCUT2D eigenvalue weighted by Gasteiger charge is -2.31. The van der Waals surface area contributed by atoms with E-state index >= 15 is 4.39 Å². The summed E-state index contributed by atoms with van der Waals surface area (Å²) in [6.45, 7) is 3.39. The number of carbonyl (C=O) groups excluding carboxylic acids is 2. The van der Waals surface area contributed by atoms with Gasteiger partial charge in [-0.1, -0.05) is 19.1 Å². The van der Waals surface area contributed by atoms with Crippen LogP contribution in [0.4, 0.5) is 14.9 Å². The average Bonchev–Trinajstić information content (AvgIpc) is 3.40. The van der Waals surface area contributed by atoms with Crippen LogP contribution in [0.25, 0.3) is 22.3 Å². The first-order valence-corrected chi connectivity index (χ1v) is 15.0. The predicted octanol–water partition coefficient (Wildman–Crippen LogP) is 4.51. The second-order valence-electron chi connectivity index (χ2n) is 12.2. The Morgan fingerprint density at radius 1 is 1.20 bits per heavy atom. The van der Waals surface area contributed by atoms with Crippen molar-refractivity contribution in [3.63, 3.8) is 0 Å². The zero-order chi connectivity index (χ0) is 31.8. The number of halogens is 1. The van der Waals surface area contributed by atoms with Gasteiger partial charge in [0, 0.05) is 42.4 Å². The molecule has 2 N–H and O–H groups in total. The van der Waals surface area contributed by atoms with Crippen LogP contribution >= 0.6 is 0 Å². The Balaban J connectivity index is 1.30. The topological polar surface area (TPSA) is 123 Å². The van der Waals surface area contributed by atoms with Crippen LogP contribution in [-0.4, -0.2) is 40.8 Å². The number of aliphatic hydroxyl groups is 1. The van der Waals surface area contributed by atoms with Crippen LogP contribution in [0.2, 0.25) is 0 Å². The second-order valence-corrected chi connectivity index (χ2v) is 12.2. The number of hydrogen-bond donors (Lipinski definition) is 2. The first kappa shape index (κ1) is 29.0. The fraction of sp³-hybridized carbons (Fsp3) is 0.353. The Hall–Kier alpha value is -4.77. The van der Waals surface area contributed by atoms with Crippen molar-refractivity contribution < 1.29 is 28.6 Å². The number of ether oxygens (including phenoxy) is 2. The smallest absolute Gasteiger partial charge is 0.407 e. The maximum atomic E-state index is 15.1. The number of pyridine rings is 2. The van der Waals surface area contributed by atoms with E-state index in [1.165, 1.54) is 6.07 Å². The summed E-state index contributed by atoms with van der Waals surface area (Å²) in [5.74, 6) is -1.19. The molecule has 232 valence electrons. The molecule has 0 fully saturated rings. The highest BCUT2D eigenvalue weighted by Crippen LogP contribution is 2.46. The van der Waals surface area contributed by atoms with E-state index < -0.39 is 29.3 Å². The van der Waals surface area contributed by atoms with E-state index in [0.717, 1.165) is 33.3 Å². The third-order valence-corrected chi connectivity index (χ3v) is 9.49. The Morgan fingerprint density at radius 2 is 1.96 bits per heavy atom. The van der Waals surface area contributed by atoms with Gasteiger partial charge in [0.25, 0.3) is 5.56 Å². The zero-order valence-electron chi connectivity index (χ0n) is 25.5. The van der Waals surface area contributed by atoms with E-state index in [2.05, 4.69) is 5.32 Å². The molecule has 0 radical (unpaired) electrons. The van der Waals surface area contributed by atoms with Gasteiger partial charge in [0.05, 0.1) is 35.1 Å². The molecular weight excluding hydrogens is 579 g/mol. The summed E-state index contributed by atoms with van der Waals surface area (Å²) in [7, 11) is 3.90. The number of aromatic nitrogens is 2. The number of nitrogens with one attached hydrogen (secondary N) is 1. The minimum atomic E-state index is -1.97. The highest BCUT2D eigenvalue weighted by Gasteiger charge is 2.46. The minimum Gasteiger partial charge on any atom is -0.458 e. The van der Waals surface area contributed by atoms with Gasteiger partial charge in [-0.2, -0.15) is 0 Å². The van der Waals surface area contributed by atoms with Crippen LogP contribution in [0.1, 0.15) is 64.8 Å². The summed E-state index contributed by atoms with van der Waals surface area (Å²) in [4.78, 5) is 46.4. The molecule has 2 aliphatic heterocycles. The molecule has 10 nitrogen and oxygen atoms in total. The molecule has 2 atom stereocenters. The predicted molar refractivity (Wildman–Crippen MR) is 164 cm³/mol. The summed E-state index contributed by atoms with van der Waals surface area (Å²) >= 11 is 0. The summed E-state index contributed by atoms with van der Waals surface area (Å²) < 4.78 is 27.5. The number of cyclic esters (lactones) is 1. The number of esters is 1. The largest absolute Gasteiger partial charge is 0.458 e. The molecule has 2 aromatic heterocycles. The standard InChI is InChI=1S/C34H33FN4O6/c1-5-34(43)23-12-27-30-21(14-39(27)31(40)22(23)16-44-32(34)41)29-25(11-10-20-17(2)24(35)13-26(36-30)28(20)29)37-33(42)45-15-18-6-8-19(9-7-18)38(3)4/h6-9,12-13,25,43H,5,10-11,14-16H2,1-4H3,(H,37,42). The third-order valence-electron chi connectivity index (χ3n) is 9.49. The molecule has 2 aromatic carbocycles. The van der Waals surface area contributed by atoms with Crippen molar-refractivity contribution in [1.29, 1.82) is 0 Å². The molecule has 4 heterocycles. The van der Waals surface area contributed by atoms with Crippen molar-refractivity contribution >= 4 is 28.7 Å². The van der Waals surface area contributed by atoms with Gasteiger partial charge < -0.3 is 29.4 Å². The van der Waals surface area contributed by atoms with E-state index in [0.29, 0.717) is 35.3 Å². The van der Waals surface area contributed by atoms with E-state index in [9.17, 15) is 19.5 Å². The van der Waals surface area contributed by atoms with E-state index in [1.54, 1.807) is 24.5 Å². The summed E-state index contributed by atoms with van der Waals surface area (Å²) in [5.41, 5.74) is 4.07. The summed E-state index contributed by atoms with van der Waals surface area (Å²) in [6, 6.07) is 10.2. The van der Waals surface area contributed by atoms with Gasteiger partial charge in [-0.15, -0.1) is 0 Å². The van der Waals surface area contributed by atoms with Crippen LogP contribution in [0.3, 0.4) is 0 Å². The minimum absolute atomic E-state index is 0.0206. The van der Waals surface area contributed by atoms with Crippen LogP contribution in [0.15, 0.2) is 41.2 Å². The number of fused-ring (bicyclic) bond motifs is 5. The molecule has 1 aliphatic carbocycles. The molecule has 45 heavy (non-hydrogen) atoms. The maximum absolute atomic E-state index is 15.1. The van der Waals surface area contributed by atoms with Crippen molar-refractivity contribution in [2.75, 3.05) is 19.0 Å². The van der Waals surface area contributed by atoms with Crippen LogP contribution in [-0.2, 0) is 46.0 Å². The SMILES string of the molecule is CCC1(O)C(=O)OCc2c1cc1n(c2=O)Cc2c-1nc1cc(F)c(C)c3c1c2C(NC(=O)OCc1ccc(N(C)C)cc1)CC3. The third kappa shape index (κ3) is 4.40. The Kier molecular flexibility index (Phi) is 6.70. The molecule has 2 unspecified atom stereocenters. The number of anilines is 1. The van der Waals surface area contributed by atoms with Crippen molar-refractivity contribution in [1.82, 2.24) is 14.9 Å². The molecule has 4 aromatic rings. The monoisotopic (exact) mass is 612 g/mol. The maximum Gasteiger partial charge on any atom is 0.407 e. The first-order valence-electron chi connectivity index (χ1n) is 15.0. The summed E-state index contributed by atoms with van der Waals surface area (Å²) in [5, 5.41) is 15.0. The van der Waals surface area contributed by atoms with Crippen molar-refractivity contribution in [3.05, 3.63) is 91.5 Å². The van der Waals surface area contributed by atoms with Crippen LogP contribution < -0.4 is 15.8 Å². The van der Waals surface area contributed by atoms with Crippen LogP contribution in [0.5, 0.6) is 0 Å². The van der Waals surface area contributed by atoms with Gasteiger partial charge in [0.1, 0.15) is 19.0 Å². The lowest BCUT2D eigenvalue weighted by Crippen LogP contribution is -2.44. The number of hydrogen-bond acceptors (Lipinski definition) is 8. The fourth-order valence-corrected chi connectivity index (χ4v) is 6.92. The molecule has 0 spiro atoms. The lowest BCUT2D eigenvalue weighted by molar-refractivity contribution is -0.172. The first-order chi connectivity index (χ1) is 21.5. The van der Waals surface area contributed by atoms with Crippen molar-refractivity contribution in [3.8, 4) is 11.4 Å². The molecule has 0 saturated heterocycles. The van der Waals surface area contributed by atoms with Gasteiger partial charge in [-0.3, -0.25) is 4.79 Å². The van der Waals surface area contributed by atoms with Gasteiger partial charge in [-0.25, -0.2) is 19.0 Å². The fourth-order valence-electron chi connectivity index (χ4n) is 6.92. The van der Waals surface area contributed by atoms with Gasteiger partial charge in [0.2, 0.25) is 0 Å². The van der Waals surface area contributed by atoms with Crippen molar-refractivity contribution in [2.24, 2.45) is 0 Å². The van der Waals surface area contributed by atoms with E-state index in [-0.39, 0.29) is 43.1 Å². The molecule has 7 rings (SSSR count). The molecule has 3 aliphatic rings. The molecular formula is C34H33FN4O6. The molecule has 0 bridgehead atoms. The van der Waals surface area contributed by atoms with Gasteiger partial charge in [0.15, 0.2) is 5.60 Å². The van der Waals surface area contributed by atoms with Crippen LogP contribution in [0, 0.1) is 12.7 Å². The zero-order valence-corrected chi connectivity index (χ0v) is 25.5. The number of amides is 1. The Bertz CT molecular complexity index is 1990. The number of nitrogens with zero attached hydrogens (tertiary/aromatic N) is 3. The number of benzene rings is 2. The summed E-state index contributed by atoms with van der Waals surface area (Å²) in [6.07, 6.45) is 0.445.